The third kappa shape index (κ3) is 16.2. The standard InChI is InChI=1S/C64H72N8O6/c1-6-9-11-13-15-19-35-64(36-20-16-14-12-10-7-2)57(55(47-70)62(78-64)51(44-67)45-68)24-21-22-49-34-37-72(58-25-18-17-23-53(49)58)39-41-76-60(74)33-32-59(73)75-40-38-71(8-3)52-29-26-48(27-30-52)28-31-56-54(46-69)61(50(42-65)43-66)77-63(56,4)5/h17-18,21-31,34,37H,6-16,19-20,32-33,35-36,38-41H2,1-5H3/b24-21+,31-28+,49-22+. The van der Waals surface area contributed by atoms with Gasteiger partial charge in [-0.15, -0.1) is 0 Å². The second-order valence-corrected chi connectivity index (χ2v) is 19.9. The van der Waals surface area contributed by atoms with E-state index in [1.807, 2.05) is 109 Å². The highest BCUT2D eigenvalue weighted by Crippen LogP contribution is 2.47. The van der Waals surface area contributed by atoms with Gasteiger partial charge in [-0.3, -0.25) is 9.59 Å². The number of fused-ring (bicyclic) bond motifs is 1. The van der Waals surface area contributed by atoms with Gasteiger partial charge in [0.25, 0.3) is 0 Å². The molecule has 2 aromatic carbocycles. The molecule has 0 aromatic heterocycles. The van der Waals surface area contributed by atoms with Crippen LogP contribution in [0.4, 0.5) is 11.4 Å². The summed E-state index contributed by atoms with van der Waals surface area (Å²) >= 11 is 0. The summed E-state index contributed by atoms with van der Waals surface area (Å²) < 4.78 is 23.6. The molecule has 0 saturated heterocycles. The van der Waals surface area contributed by atoms with Crippen LogP contribution in [0, 0.1) is 68.0 Å². The lowest BCUT2D eigenvalue weighted by molar-refractivity contribution is -0.150. The van der Waals surface area contributed by atoms with E-state index in [9.17, 15) is 41.2 Å². The number of hydrogen-bond donors (Lipinski definition) is 0. The van der Waals surface area contributed by atoms with Gasteiger partial charge in [0.05, 0.1) is 25.9 Å². The van der Waals surface area contributed by atoms with E-state index >= 15 is 0 Å². The smallest absolute Gasteiger partial charge is 0.306 e. The largest absolute Gasteiger partial charge is 0.480 e. The summed E-state index contributed by atoms with van der Waals surface area (Å²) in [5.41, 5.74) is 4.02. The number of esters is 2. The zero-order valence-corrected chi connectivity index (χ0v) is 46.0. The first-order chi connectivity index (χ1) is 37.9. The first-order valence-electron chi connectivity index (χ1n) is 27.4. The van der Waals surface area contributed by atoms with Crippen molar-refractivity contribution >= 4 is 35.0 Å². The molecule has 2 aromatic rings. The summed E-state index contributed by atoms with van der Waals surface area (Å²) in [7, 11) is 0. The van der Waals surface area contributed by atoms with E-state index in [4.69, 9.17) is 18.9 Å². The molecule has 0 saturated carbocycles. The number of nitriles is 6. The van der Waals surface area contributed by atoms with Crippen molar-refractivity contribution in [1.82, 2.24) is 0 Å². The van der Waals surface area contributed by atoms with Gasteiger partial charge in [0.15, 0.2) is 22.7 Å². The van der Waals surface area contributed by atoms with Crippen LogP contribution < -0.4 is 9.80 Å². The van der Waals surface area contributed by atoms with E-state index in [0.29, 0.717) is 43.6 Å². The minimum absolute atomic E-state index is 0.0124. The minimum Gasteiger partial charge on any atom is -0.480 e. The molecule has 0 fully saturated rings. The molecule has 0 spiro atoms. The molecule has 404 valence electrons. The van der Waals surface area contributed by atoms with Crippen LogP contribution in [0.3, 0.4) is 0 Å². The Labute approximate surface area is 462 Å². The van der Waals surface area contributed by atoms with Gasteiger partial charge < -0.3 is 28.7 Å². The van der Waals surface area contributed by atoms with Gasteiger partial charge in [-0.1, -0.05) is 139 Å². The number of anilines is 2. The summed E-state index contributed by atoms with van der Waals surface area (Å²) in [6.45, 7) is 11.6. The first-order valence-corrected chi connectivity index (χ1v) is 27.4. The Morgan fingerprint density at radius 3 is 1.78 bits per heavy atom. The third-order valence-electron chi connectivity index (χ3n) is 14.1. The van der Waals surface area contributed by atoms with Crippen molar-refractivity contribution in [2.45, 2.75) is 149 Å². The van der Waals surface area contributed by atoms with Crippen molar-refractivity contribution in [3.63, 3.8) is 0 Å². The fourth-order valence-corrected chi connectivity index (χ4v) is 9.88. The number of hydrogen-bond acceptors (Lipinski definition) is 14. The number of benzene rings is 2. The summed E-state index contributed by atoms with van der Waals surface area (Å²) in [5, 5.41) is 59.0. The van der Waals surface area contributed by atoms with E-state index in [2.05, 4.69) is 30.9 Å². The Kier molecular flexibility index (Phi) is 23.9. The summed E-state index contributed by atoms with van der Waals surface area (Å²) in [6, 6.07) is 27.6. The monoisotopic (exact) mass is 1050 g/mol. The van der Waals surface area contributed by atoms with E-state index in [-0.39, 0.29) is 59.9 Å². The minimum atomic E-state index is -0.916. The molecule has 0 unspecified atom stereocenters. The van der Waals surface area contributed by atoms with Gasteiger partial charge in [0, 0.05) is 40.8 Å². The van der Waals surface area contributed by atoms with Crippen LogP contribution in [-0.2, 0) is 28.5 Å². The van der Waals surface area contributed by atoms with Crippen LogP contribution in [0.1, 0.15) is 148 Å². The molecule has 0 N–H and O–H groups in total. The topological polar surface area (TPSA) is 220 Å². The Bertz CT molecular complexity index is 2930. The summed E-state index contributed by atoms with van der Waals surface area (Å²) in [5.74, 6) is -0.944. The normalized spacial score (nSPS) is 15.4. The number of likely N-dealkylation sites (N-methyl/N-ethyl adjacent to an activating group) is 1. The van der Waals surface area contributed by atoms with Crippen molar-refractivity contribution in [3.8, 4) is 36.4 Å². The molecule has 3 heterocycles. The second kappa shape index (κ2) is 30.9. The summed E-state index contributed by atoms with van der Waals surface area (Å²) in [6.07, 6.45) is 27.6. The number of nitrogens with zero attached hydrogens (tertiary/aromatic N) is 8. The van der Waals surface area contributed by atoms with Gasteiger partial charge >= 0.3 is 11.9 Å². The number of rotatable bonds is 29. The maximum atomic E-state index is 12.8. The van der Waals surface area contributed by atoms with Crippen molar-refractivity contribution in [2.75, 3.05) is 42.6 Å². The molecular formula is C64H72N8O6. The van der Waals surface area contributed by atoms with Crippen LogP contribution in [0.15, 0.2) is 130 Å². The maximum absolute atomic E-state index is 12.8. The van der Waals surface area contributed by atoms with Crippen molar-refractivity contribution in [1.29, 1.82) is 31.6 Å². The predicted octanol–water partition coefficient (Wildman–Crippen LogP) is 13.7. The molecule has 0 bridgehead atoms. The maximum Gasteiger partial charge on any atom is 0.306 e. The Balaban J connectivity index is 1.15. The number of para-hydroxylation sites is 1. The second-order valence-electron chi connectivity index (χ2n) is 19.9. The zero-order chi connectivity index (χ0) is 56.3. The van der Waals surface area contributed by atoms with E-state index in [0.717, 1.165) is 79.4 Å². The van der Waals surface area contributed by atoms with Crippen LogP contribution in [0.5, 0.6) is 0 Å². The fraction of sp³-hybridized carbons (Fsp3) is 0.438. The molecule has 14 heteroatoms. The molecule has 3 aliphatic heterocycles. The van der Waals surface area contributed by atoms with Crippen LogP contribution in [0.2, 0.25) is 0 Å². The van der Waals surface area contributed by atoms with Gasteiger partial charge in [-0.05, 0) is 81.9 Å². The summed E-state index contributed by atoms with van der Waals surface area (Å²) in [4.78, 5) is 29.6. The van der Waals surface area contributed by atoms with E-state index in [1.165, 1.54) is 25.7 Å². The lowest BCUT2D eigenvalue weighted by Crippen LogP contribution is -2.31. The Hall–Kier alpha value is -8.56. The molecular weight excluding hydrogens is 977 g/mol. The van der Waals surface area contributed by atoms with Crippen molar-refractivity contribution < 1.29 is 28.5 Å². The molecule has 0 amide bonds. The molecule has 0 radical (unpaired) electrons. The highest BCUT2D eigenvalue weighted by Gasteiger charge is 2.45. The van der Waals surface area contributed by atoms with Gasteiger partial charge in [-0.2, -0.15) is 31.6 Å². The van der Waals surface area contributed by atoms with Crippen LogP contribution >= 0.6 is 0 Å². The van der Waals surface area contributed by atoms with Gasteiger partial charge in [0.1, 0.15) is 72.0 Å². The molecule has 3 aliphatic rings. The number of carbonyl (C=O) groups excluding carboxylic acids is 2. The number of allylic oxidation sites excluding steroid dienone is 8. The predicted molar refractivity (Wildman–Crippen MR) is 301 cm³/mol. The molecule has 0 atom stereocenters. The number of carbonyl (C=O) groups is 2. The lowest BCUT2D eigenvalue weighted by atomic mass is 9.82. The SMILES string of the molecule is CCCCCCCCC1(CCCCCCCC)OC(=C(C#N)C#N)C(C#N)=C1/C=C/C=C1\C=CN(CCOC(=O)CCC(=O)OCCN(CC)c2ccc(/C=C/C3=C(C#N)C(=C(C#N)C#N)OC3(C)C)cc2)c2ccccc21. The highest BCUT2D eigenvalue weighted by molar-refractivity contribution is 5.87. The third-order valence-corrected chi connectivity index (χ3v) is 14.1. The van der Waals surface area contributed by atoms with Crippen molar-refractivity contribution in [2.24, 2.45) is 0 Å². The number of ether oxygens (including phenoxy) is 4. The Morgan fingerprint density at radius 2 is 1.21 bits per heavy atom. The fourth-order valence-electron chi connectivity index (χ4n) is 9.88. The Morgan fingerprint density at radius 1 is 0.654 bits per heavy atom. The van der Waals surface area contributed by atoms with Gasteiger partial charge in [-0.25, -0.2) is 0 Å². The van der Waals surface area contributed by atoms with Crippen LogP contribution in [0.25, 0.3) is 11.6 Å². The quantitative estimate of drug-likeness (QED) is 0.0420. The molecule has 5 rings (SSSR count). The van der Waals surface area contributed by atoms with Crippen molar-refractivity contribution in [3.05, 3.63) is 141 Å². The highest BCUT2D eigenvalue weighted by atomic mass is 16.5. The van der Waals surface area contributed by atoms with Gasteiger partial charge in [0.2, 0.25) is 0 Å². The molecule has 0 aliphatic carbocycles. The van der Waals surface area contributed by atoms with Crippen LogP contribution in [-0.4, -0.2) is 56.0 Å². The lowest BCUT2D eigenvalue weighted by Gasteiger charge is -2.31. The van der Waals surface area contributed by atoms with E-state index in [1.54, 1.807) is 32.1 Å². The first kappa shape index (κ1) is 60.3. The van der Waals surface area contributed by atoms with E-state index < -0.39 is 23.1 Å². The average molecular weight is 1050 g/mol. The molecule has 78 heavy (non-hydrogen) atoms. The average Bonchev–Trinajstić information content (AvgIpc) is 3.95. The zero-order valence-electron chi connectivity index (χ0n) is 46.0. The number of unbranched alkanes of at least 4 members (excludes halogenated alkanes) is 10. The molecule has 14 nitrogen and oxygen atoms in total.